The van der Waals surface area contributed by atoms with Crippen LogP contribution in [-0.2, 0) is 6.54 Å². The third-order valence-corrected chi connectivity index (χ3v) is 2.40. The van der Waals surface area contributed by atoms with Crippen LogP contribution in [0.5, 0.6) is 5.75 Å². The third kappa shape index (κ3) is 4.28. The van der Waals surface area contributed by atoms with E-state index in [1.807, 2.05) is 0 Å². The lowest BCUT2D eigenvalue weighted by molar-refractivity contribution is 0.283. The summed E-state index contributed by atoms with van der Waals surface area (Å²) in [5, 5.41) is 11.6. The van der Waals surface area contributed by atoms with Gasteiger partial charge in [-0.3, -0.25) is 0 Å². The first-order valence-corrected chi connectivity index (χ1v) is 5.52. The molecule has 0 spiro atoms. The molecule has 0 aliphatic rings. The van der Waals surface area contributed by atoms with Crippen molar-refractivity contribution >= 4 is 0 Å². The van der Waals surface area contributed by atoms with Gasteiger partial charge in [0.05, 0.1) is 7.11 Å². The Morgan fingerprint density at radius 1 is 1.24 bits per heavy atom. The van der Waals surface area contributed by atoms with Gasteiger partial charge >= 0.3 is 0 Å². The van der Waals surface area contributed by atoms with Crippen LogP contribution in [0.25, 0.3) is 0 Å². The Balaban J connectivity index is 2.51. The smallest absolute Gasteiger partial charge is 0.165 e. The predicted molar refractivity (Wildman–Crippen MR) is 60.9 cm³/mol. The number of hydrogen-bond acceptors (Lipinski definition) is 3. The number of aliphatic hydroxyl groups is 1. The van der Waals surface area contributed by atoms with Crippen LogP contribution < -0.4 is 10.1 Å². The Morgan fingerprint density at radius 2 is 2.00 bits per heavy atom. The average molecular weight is 245 g/mol. The molecular formula is C12H17F2NO2. The fourth-order valence-corrected chi connectivity index (χ4v) is 1.45. The Morgan fingerprint density at radius 3 is 2.65 bits per heavy atom. The van der Waals surface area contributed by atoms with Gasteiger partial charge in [-0.25, -0.2) is 8.78 Å². The van der Waals surface area contributed by atoms with Crippen LogP contribution in [0.15, 0.2) is 12.1 Å². The first-order chi connectivity index (χ1) is 8.19. The molecule has 0 atom stereocenters. The molecule has 1 aromatic carbocycles. The predicted octanol–water partition coefficient (Wildman–Crippen LogP) is 1.84. The first kappa shape index (κ1) is 13.9. The molecule has 0 radical (unpaired) electrons. The quantitative estimate of drug-likeness (QED) is 0.720. The lowest BCUT2D eigenvalue weighted by Gasteiger charge is -2.08. The molecule has 5 heteroatoms. The Kier molecular flexibility index (Phi) is 5.86. The van der Waals surface area contributed by atoms with Crippen molar-refractivity contribution in [2.24, 2.45) is 0 Å². The summed E-state index contributed by atoms with van der Waals surface area (Å²) in [6.07, 6.45) is 1.50. The van der Waals surface area contributed by atoms with E-state index < -0.39 is 11.6 Å². The summed E-state index contributed by atoms with van der Waals surface area (Å²) in [6, 6.07) is 2.17. The highest BCUT2D eigenvalue weighted by Gasteiger charge is 2.09. The summed E-state index contributed by atoms with van der Waals surface area (Å²) < 4.78 is 31.4. The van der Waals surface area contributed by atoms with Crippen molar-refractivity contribution < 1.29 is 18.6 Å². The number of rotatable bonds is 7. The first-order valence-electron chi connectivity index (χ1n) is 5.52. The largest absolute Gasteiger partial charge is 0.494 e. The van der Waals surface area contributed by atoms with Crippen molar-refractivity contribution in [2.75, 3.05) is 20.3 Å². The minimum absolute atomic E-state index is 0.0912. The molecule has 96 valence electrons. The zero-order valence-electron chi connectivity index (χ0n) is 9.80. The van der Waals surface area contributed by atoms with Gasteiger partial charge in [0.1, 0.15) is 5.82 Å². The zero-order valence-corrected chi connectivity index (χ0v) is 9.80. The summed E-state index contributed by atoms with van der Waals surface area (Å²) in [7, 11) is 1.30. The van der Waals surface area contributed by atoms with E-state index in [1.54, 1.807) is 0 Å². The molecule has 0 saturated heterocycles. The number of benzene rings is 1. The number of nitrogens with one attached hydrogen (secondary N) is 1. The molecule has 0 bridgehead atoms. The number of halogens is 2. The van der Waals surface area contributed by atoms with Crippen molar-refractivity contribution in [3.05, 3.63) is 29.3 Å². The van der Waals surface area contributed by atoms with Gasteiger partial charge in [-0.2, -0.15) is 0 Å². The summed E-state index contributed by atoms with van der Waals surface area (Å²) in [5.74, 6) is -1.15. The van der Waals surface area contributed by atoms with Crippen LogP contribution in [0, 0.1) is 11.6 Å². The lowest BCUT2D eigenvalue weighted by Crippen LogP contribution is -2.16. The van der Waals surface area contributed by atoms with E-state index in [2.05, 4.69) is 10.1 Å². The number of hydrogen-bond donors (Lipinski definition) is 2. The second kappa shape index (κ2) is 7.19. The topological polar surface area (TPSA) is 41.5 Å². The van der Waals surface area contributed by atoms with E-state index in [-0.39, 0.29) is 24.5 Å². The van der Waals surface area contributed by atoms with E-state index in [0.717, 1.165) is 18.6 Å². The molecular weight excluding hydrogens is 228 g/mol. The van der Waals surface area contributed by atoms with Gasteiger partial charge in [-0.15, -0.1) is 0 Å². The third-order valence-electron chi connectivity index (χ3n) is 2.40. The van der Waals surface area contributed by atoms with Gasteiger partial charge in [-0.05, 0) is 25.5 Å². The molecule has 3 nitrogen and oxygen atoms in total. The van der Waals surface area contributed by atoms with Crippen LogP contribution in [0.2, 0.25) is 0 Å². The van der Waals surface area contributed by atoms with Crippen LogP contribution in [0.1, 0.15) is 18.4 Å². The van der Waals surface area contributed by atoms with E-state index in [9.17, 15) is 8.78 Å². The normalized spacial score (nSPS) is 10.6. The van der Waals surface area contributed by atoms with Crippen LogP contribution in [0.3, 0.4) is 0 Å². The van der Waals surface area contributed by atoms with E-state index >= 15 is 0 Å². The van der Waals surface area contributed by atoms with Gasteiger partial charge in [0.2, 0.25) is 0 Å². The number of unbranched alkanes of at least 4 members (excludes halogenated alkanes) is 1. The molecule has 0 saturated carbocycles. The summed E-state index contributed by atoms with van der Waals surface area (Å²) >= 11 is 0. The van der Waals surface area contributed by atoms with Crippen LogP contribution in [-0.4, -0.2) is 25.4 Å². The number of aliphatic hydroxyl groups excluding tert-OH is 1. The SMILES string of the molecule is COc1cc(F)c(CNCCCCO)cc1F. The van der Waals surface area contributed by atoms with Gasteiger partial charge < -0.3 is 15.2 Å². The molecule has 0 unspecified atom stereocenters. The molecule has 0 aromatic heterocycles. The molecule has 0 fully saturated rings. The fraction of sp³-hybridized carbons (Fsp3) is 0.500. The second-order valence-corrected chi connectivity index (χ2v) is 3.69. The number of ether oxygens (including phenoxy) is 1. The minimum atomic E-state index is -0.568. The van der Waals surface area contributed by atoms with Crippen molar-refractivity contribution in [1.29, 1.82) is 0 Å². The van der Waals surface area contributed by atoms with E-state index in [1.165, 1.54) is 7.11 Å². The summed E-state index contributed by atoms with van der Waals surface area (Å²) in [6.45, 7) is 1.07. The molecule has 0 aliphatic carbocycles. The molecule has 1 rings (SSSR count). The highest BCUT2D eigenvalue weighted by atomic mass is 19.1. The van der Waals surface area contributed by atoms with Crippen LogP contribution >= 0.6 is 0 Å². The van der Waals surface area contributed by atoms with Gasteiger partial charge in [-0.1, -0.05) is 0 Å². The lowest BCUT2D eigenvalue weighted by atomic mass is 10.2. The summed E-state index contributed by atoms with van der Waals surface area (Å²) in [4.78, 5) is 0. The highest BCUT2D eigenvalue weighted by Crippen LogP contribution is 2.21. The molecule has 2 N–H and O–H groups in total. The van der Waals surface area contributed by atoms with Gasteiger partial charge in [0, 0.05) is 24.8 Å². The molecule has 17 heavy (non-hydrogen) atoms. The number of methoxy groups -OCH3 is 1. The fourth-order valence-electron chi connectivity index (χ4n) is 1.45. The maximum Gasteiger partial charge on any atom is 0.165 e. The van der Waals surface area contributed by atoms with Crippen molar-refractivity contribution in [3.63, 3.8) is 0 Å². The molecule has 1 aromatic rings. The maximum atomic E-state index is 13.5. The standard InChI is InChI=1S/C12H17F2NO2/c1-17-12-7-10(13)9(6-11(12)14)8-15-4-2-3-5-16/h6-7,15-16H,2-5,8H2,1H3. The molecule has 0 aliphatic heterocycles. The van der Waals surface area contributed by atoms with E-state index in [0.29, 0.717) is 13.0 Å². The second-order valence-electron chi connectivity index (χ2n) is 3.69. The minimum Gasteiger partial charge on any atom is -0.494 e. The van der Waals surface area contributed by atoms with Crippen molar-refractivity contribution in [2.45, 2.75) is 19.4 Å². The van der Waals surface area contributed by atoms with Crippen molar-refractivity contribution in [3.8, 4) is 5.75 Å². The molecule has 0 amide bonds. The van der Waals surface area contributed by atoms with E-state index in [4.69, 9.17) is 5.11 Å². The van der Waals surface area contributed by atoms with Gasteiger partial charge in [0.15, 0.2) is 11.6 Å². The monoisotopic (exact) mass is 245 g/mol. The maximum absolute atomic E-state index is 13.5. The van der Waals surface area contributed by atoms with Gasteiger partial charge in [0.25, 0.3) is 0 Å². The average Bonchev–Trinajstić information content (AvgIpc) is 2.32. The highest BCUT2D eigenvalue weighted by molar-refractivity contribution is 5.30. The zero-order chi connectivity index (χ0) is 12.7. The summed E-state index contributed by atoms with van der Waals surface area (Å²) in [5.41, 5.74) is 0.271. The van der Waals surface area contributed by atoms with Crippen molar-refractivity contribution in [1.82, 2.24) is 5.32 Å². The Bertz CT molecular complexity index is 359. The van der Waals surface area contributed by atoms with Crippen LogP contribution in [0.4, 0.5) is 8.78 Å². The Labute approximate surface area is 99.4 Å². The Hall–Kier alpha value is -1.20. The molecule has 0 heterocycles.